The first-order valence-electron chi connectivity index (χ1n) is 9.54. The van der Waals surface area contributed by atoms with Crippen LogP contribution in [0.3, 0.4) is 0 Å². The number of aromatic nitrogens is 3. The highest BCUT2D eigenvalue weighted by Crippen LogP contribution is 2.29. The van der Waals surface area contributed by atoms with Gasteiger partial charge in [-0.05, 0) is 26.2 Å². The first-order chi connectivity index (χ1) is 13.4. The summed E-state index contributed by atoms with van der Waals surface area (Å²) < 4.78 is 1.74. The van der Waals surface area contributed by atoms with Crippen LogP contribution in [-0.2, 0) is 16.1 Å². The lowest BCUT2D eigenvalue weighted by atomic mass is 9.98. The van der Waals surface area contributed by atoms with Gasteiger partial charge >= 0.3 is 0 Å². The molecule has 9 nitrogen and oxygen atoms in total. The Balaban J connectivity index is 1.80. The quantitative estimate of drug-likeness (QED) is 0.732. The van der Waals surface area contributed by atoms with Gasteiger partial charge in [-0.15, -0.1) is 0 Å². The average molecular weight is 407 g/mol. The summed E-state index contributed by atoms with van der Waals surface area (Å²) >= 11 is 1.27. The van der Waals surface area contributed by atoms with Crippen molar-refractivity contribution < 1.29 is 9.59 Å². The van der Waals surface area contributed by atoms with Gasteiger partial charge in [0.1, 0.15) is 17.6 Å². The van der Waals surface area contributed by atoms with Gasteiger partial charge in [-0.2, -0.15) is 4.98 Å². The summed E-state index contributed by atoms with van der Waals surface area (Å²) in [7, 11) is 1.64. The molecule has 2 amide bonds. The number of nitrogens with one attached hydrogen (secondary N) is 2. The van der Waals surface area contributed by atoms with Crippen LogP contribution in [0.5, 0.6) is 0 Å². The lowest BCUT2D eigenvalue weighted by Crippen LogP contribution is -2.42. The van der Waals surface area contributed by atoms with Crippen LogP contribution in [0, 0.1) is 5.92 Å². The Bertz CT molecular complexity index is 924. The molecule has 2 N–H and O–H groups in total. The summed E-state index contributed by atoms with van der Waals surface area (Å²) in [6, 6.07) is 0.0577. The van der Waals surface area contributed by atoms with Gasteiger partial charge in [-0.3, -0.25) is 19.0 Å². The topological polar surface area (TPSA) is 109 Å². The van der Waals surface area contributed by atoms with Crippen LogP contribution in [0.4, 0.5) is 5.13 Å². The smallest absolute Gasteiger partial charge is 0.273 e. The fourth-order valence-corrected chi connectivity index (χ4v) is 4.23. The molecule has 1 aliphatic rings. The zero-order valence-electron chi connectivity index (χ0n) is 16.4. The molecule has 0 saturated carbocycles. The molecular weight excluding hydrogens is 380 g/mol. The minimum Gasteiger partial charge on any atom is -0.359 e. The first-order valence-corrected chi connectivity index (χ1v) is 10.4. The van der Waals surface area contributed by atoms with E-state index in [0.29, 0.717) is 22.0 Å². The Labute approximate surface area is 167 Å². The van der Waals surface area contributed by atoms with Crippen molar-refractivity contribution in [2.24, 2.45) is 5.92 Å². The molecule has 0 bridgehead atoms. The summed E-state index contributed by atoms with van der Waals surface area (Å²) in [4.78, 5) is 47.6. The number of nitrogens with zero attached hydrogens (tertiary/aromatic N) is 4. The van der Waals surface area contributed by atoms with Crippen molar-refractivity contribution in [3.8, 4) is 0 Å². The molecule has 0 aromatic carbocycles. The first kappa shape index (κ1) is 20.2. The van der Waals surface area contributed by atoms with Crippen molar-refractivity contribution in [3.05, 3.63) is 16.7 Å². The van der Waals surface area contributed by atoms with Crippen LogP contribution in [0.2, 0.25) is 0 Å². The van der Waals surface area contributed by atoms with E-state index in [-0.39, 0.29) is 35.9 Å². The van der Waals surface area contributed by atoms with Crippen molar-refractivity contribution in [3.63, 3.8) is 0 Å². The molecule has 0 unspecified atom stereocenters. The Hall–Kier alpha value is -2.49. The van der Waals surface area contributed by atoms with Crippen LogP contribution in [0.15, 0.2) is 11.1 Å². The number of amides is 2. The highest BCUT2D eigenvalue weighted by Gasteiger charge is 2.27. The van der Waals surface area contributed by atoms with Gasteiger partial charge in [-0.25, -0.2) is 4.98 Å². The number of carbonyl (C=O) groups is 2. The molecule has 28 heavy (non-hydrogen) atoms. The summed E-state index contributed by atoms with van der Waals surface area (Å²) in [5.74, 6) is -0.273. The maximum absolute atomic E-state index is 12.8. The van der Waals surface area contributed by atoms with Crippen LogP contribution >= 0.6 is 11.3 Å². The maximum Gasteiger partial charge on any atom is 0.273 e. The molecule has 1 fully saturated rings. The standard InChI is InChI=1S/C18H26N6O3S/c1-4-11(2)21-13(25)9-24-10-20-15-14(17(24)27)28-18(22-15)23-7-5-6-12(8-23)16(26)19-3/h10-12H,4-9H2,1-3H3,(H,19,26)(H,21,25)/t11-,12+/m1/s1. The molecule has 1 saturated heterocycles. The molecule has 0 radical (unpaired) electrons. The van der Waals surface area contributed by atoms with E-state index in [9.17, 15) is 14.4 Å². The van der Waals surface area contributed by atoms with E-state index in [0.717, 1.165) is 25.8 Å². The van der Waals surface area contributed by atoms with Gasteiger partial charge in [0.25, 0.3) is 5.56 Å². The van der Waals surface area contributed by atoms with Crippen molar-refractivity contribution in [1.82, 2.24) is 25.2 Å². The molecule has 0 spiro atoms. The van der Waals surface area contributed by atoms with Crippen molar-refractivity contribution in [2.75, 3.05) is 25.0 Å². The Morgan fingerprint density at radius 3 is 2.93 bits per heavy atom. The van der Waals surface area contributed by atoms with Gasteiger partial charge in [-0.1, -0.05) is 18.3 Å². The molecule has 3 heterocycles. The summed E-state index contributed by atoms with van der Waals surface area (Å²) in [5.41, 5.74) is 0.110. The maximum atomic E-state index is 12.8. The molecule has 2 aromatic rings. The normalized spacial score (nSPS) is 18.1. The third-order valence-corrected chi connectivity index (χ3v) is 6.11. The number of hydrogen-bond donors (Lipinski definition) is 2. The van der Waals surface area contributed by atoms with Crippen LogP contribution < -0.4 is 21.1 Å². The van der Waals surface area contributed by atoms with E-state index in [2.05, 4.69) is 20.6 Å². The van der Waals surface area contributed by atoms with E-state index < -0.39 is 0 Å². The van der Waals surface area contributed by atoms with E-state index in [1.165, 1.54) is 22.2 Å². The molecule has 2 atom stereocenters. The number of anilines is 1. The molecule has 0 aliphatic carbocycles. The summed E-state index contributed by atoms with van der Waals surface area (Å²) in [5, 5.41) is 6.24. The van der Waals surface area contributed by atoms with E-state index in [1.54, 1.807) is 7.05 Å². The number of fused-ring (bicyclic) bond motifs is 1. The second-order valence-corrected chi connectivity index (χ2v) is 8.08. The lowest BCUT2D eigenvalue weighted by molar-refractivity contribution is -0.125. The molecular formula is C18H26N6O3S. The second-order valence-electron chi connectivity index (χ2n) is 7.10. The van der Waals surface area contributed by atoms with E-state index in [4.69, 9.17) is 0 Å². The molecule has 1 aliphatic heterocycles. The van der Waals surface area contributed by atoms with Crippen molar-refractivity contribution >= 4 is 38.6 Å². The summed E-state index contributed by atoms with van der Waals surface area (Å²) in [6.45, 7) is 5.20. The Kier molecular flexibility index (Phi) is 6.28. The lowest BCUT2D eigenvalue weighted by Gasteiger charge is -2.31. The molecule has 3 rings (SSSR count). The molecule has 152 valence electrons. The average Bonchev–Trinajstić information content (AvgIpc) is 3.14. The minimum atomic E-state index is -0.270. The minimum absolute atomic E-state index is 0.0265. The number of hydrogen-bond acceptors (Lipinski definition) is 7. The monoisotopic (exact) mass is 406 g/mol. The van der Waals surface area contributed by atoms with Crippen LogP contribution in [0.1, 0.15) is 33.1 Å². The van der Waals surface area contributed by atoms with Gasteiger partial charge in [0.05, 0.1) is 5.92 Å². The third-order valence-electron chi connectivity index (χ3n) is 5.02. The van der Waals surface area contributed by atoms with E-state index in [1.807, 2.05) is 18.7 Å². The van der Waals surface area contributed by atoms with Crippen molar-refractivity contribution in [1.29, 1.82) is 0 Å². The van der Waals surface area contributed by atoms with Gasteiger partial charge in [0, 0.05) is 26.2 Å². The zero-order chi connectivity index (χ0) is 20.3. The number of piperidine rings is 1. The highest BCUT2D eigenvalue weighted by atomic mass is 32.1. The highest BCUT2D eigenvalue weighted by molar-refractivity contribution is 7.22. The zero-order valence-corrected chi connectivity index (χ0v) is 17.2. The Morgan fingerprint density at radius 1 is 1.43 bits per heavy atom. The number of rotatable bonds is 6. The SMILES string of the molecule is CC[C@@H](C)NC(=O)Cn1cnc2nc(N3CCC[C@H](C(=O)NC)C3)sc2c1=O. The number of thiazole rings is 1. The second kappa shape index (κ2) is 8.68. The van der Waals surface area contributed by atoms with Gasteiger partial charge in [0.15, 0.2) is 10.8 Å². The predicted molar refractivity (Wildman–Crippen MR) is 109 cm³/mol. The fraction of sp³-hybridized carbons (Fsp3) is 0.611. The van der Waals surface area contributed by atoms with Gasteiger partial charge < -0.3 is 15.5 Å². The number of carbonyl (C=O) groups excluding carboxylic acids is 2. The van der Waals surface area contributed by atoms with Crippen LogP contribution in [0.25, 0.3) is 10.3 Å². The summed E-state index contributed by atoms with van der Waals surface area (Å²) in [6.07, 6.45) is 3.93. The van der Waals surface area contributed by atoms with Crippen LogP contribution in [-0.4, -0.2) is 52.5 Å². The molecule has 10 heteroatoms. The third kappa shape index (κ3) is 4.32. The Morgan fingerprint density at radius 2 is 2.21 bits per heavy atom. The predicted octanol–water partition coefficient (Wildman–Crippen LogP) is 0.730. The fourth-order valence-electron chi connectivity index (χ4n) is 3.23. The van der Waals surface area contributed by atoms with E-state index >= 15 is 0 Å². The molecule has 2 aromatic heterocycles. The van der Waals surface area contributed by atoms with Gasteiger partial charge in [0.2, 0.25) is 11.8 Å². The van der Waals surface area contributed by atoms with Crippen molar-refractivity contribution in [2.45, 2.75) is 45.7 Å². The largest absolute Gasteiger partial charge is 0.359 e.